The standard InChI is InChI=1S/C31H45N3O3/c1-18(17-32-20(3)35)7-10-27-19(2)29-28(34-33-27)16-26-24-9-8-22-15-23(37-21(4)36)11-13-30(22,5)25(24)12-14-31(26,29)6/h8,18,23-26H,7,9-17H2,1-6H3,(H,32,35)/t18-,23+,24+,25-,26+,30+,31-/m1/s1. The van der Waals surface area contributed by atoms with Crippen LogP contribution < -0.4 is 5.32 Å². The lowest BCUT2D eigenvalue weighted by molar-refractivity contribution is -0.148. The number of ether oxygens (including phenoxy) is 1. The van der Waals surface area contributed by atoms with E-state index in [1.807, 2.05) is 0 Å². The average molecular weight is 508 g/mol. The number of carbonyl (C=O) groups is 2. The number of carbonyl (C=O) groups excluding carboxylic acids is 2. The second-order valence-electron chi connectivity index (χ2n) is 13.1. The van der Waals surface area contributed by atoms with Gasteiger partial charge in [0.25, 0.3) is 0 Å². The Morgan fingerprint density at radius 3 is 2.59 bits per heavy atom. The first kappa shape index (κ1) is 26.4. The van der Waals surface area contributed by atoms with Gasteiger partial charge in [-0.2, -0.15) is 10.2 Å². The van der Waals surface area contributed by atoms with Gasteiger partial charge in [0.1, 0.15) is 6.10 Å². The van der Waals surface area contributed by atoms with Crippen molar-refractivity contribution in [3.8, 4) is 0 Å². The number of esters is 1. The van der Waals surface area contributed by atoms with Crippen molar-refractivity contribution in [1.29, 1.82) is 0 Å². The highest BCUT2D eigenvalue weighted by Crippen LogP contribution is 2.64. The summed E-state index contributed by atoms with van der Waals surface area (Å²) in [5.41, 5.74) is 7.17. The van der Waals surface area contributed by atoms with E-state index in [0.29, 0.717) is 30.2 Å². The normalized spacial score (nSPS) is 34.8. The first-order valence-corrected chi connectivity index (χ1v) is 14.5. The summed E-state index contributed by atoms with van der Waals surface area (Å²) >= 11 is 0. The van der Waals surface area contributed by atoms with Crippen molar-refractivity contribution in [2.45, 2.75) is 111 Å². The van der Waals surface area contributed by atoms with E-state index in [1.54, 1.807) is 6.92 Å². The molecular weight excluding hydrogens is 462 g/mol. The van der Waals surface area contributed by atoms with Gasteiger partial charge in [-0.05, 0) is 104 Å². The molecule has 0 spiro atoms. The van der Waals surface area contributed by atoms with Gasteiger partial charge in [-0.1, -0.05) is 32.4 Å². The molecule has 0 aliphatic heterocycles. The van der Waals surface area contributed by atoms with E-state index in [1.165, 1.54) is 42.2 Å². The SMILES string of the molecule is CC(=O)NC[C@H](C)CCc1nnc2c(c1C)[C@]1(C)CC[C@@H]3[C@H](CC=C4C[C@@H](OC(C)=O)CC[C@@]43C)[C@@H]1C2. The highest BCUT2D eigenvalue weighted by molar-refractivity contribution is 5.72. The molecule has 1 aromatic heterocycles. The lowest BCUT2D eigenvalue weighted by atomic mass is 9.47. The van der Waals surface area contributed by atoms with Gasteiger partial charge >= 0.3 is 5.97 Å². The van der Waals surface area contributed by atoms with E-state index >= 15 is 0 Å². The second kappa shape index (κ2) is 9.81. The number of aromatic nitrogens is 2. The van der Waals surface area contributed by atoms with Crippen LogP contribution in [0.2, 0.25) is 0 Å². The van der Waals surface area contributed by atoms with Crippen molar-refractivity contribution in [3.63, 3.8) is 0 Å². The molecule has 0 bridgehead atoms. The van der Waals surface area contributed by atoms with Crippen LogP contribution in [0.4, 0.5) is 0 Å². The Bertz CT molecular complexity index is 1110. The number of nitrogens with zero attached hydrogens (tertiary/aromatic N) is 2. The van der Waals surface area contributed by atoms with Gasteiger partial charge in [0.2, 0.25) is 5.91 Å². The summed E-state index contributed by atoms with van der Waals surface area (Å²) in [6.45, 7) is 13.3. The molecule has 4 aliphatic carbocycles. The van der Waals surface area contributed by atoms with Gasteiger partial charge in [0.05, 0.1) is 11.4 Å². The molecule has 7 atom stereocenters. The number of hydrogen-bond acceptors (Lipinski definition) is 5. The number of fused-ring (bicyclic) bond motifs is 7. The van der Waals surface area contributed by atoms with Crippen molar-refractivity contribution >= 4 is 11.9 Å². The zero-order valence-corrected chi connectivity index (χ0v) is 23.7. The number of aryl methyl sites for hydroxylation is 1. The summed E-state index contributed by atoms with van der Waals surface area (Å²) in [7, 11) is 0. The highest BCUT2D eigenvalue weighted by Gasteiger charge is 2.58. The molecule has 2 fully saturated rings. The molecule has 5 rings (SSSR count). The average Bonchev–Trinajstić information content (AvgIpc) is 3.15. The van der Waals surface area contributed by atoms with Gasteiger partial charge in [0.15, 0.2) is 0 Å². The molecule has 2 saturated carbocycles. The molecule has 1 aromatic rings. The van der Waals surface area contributed by atoms with Crippen molar-refractivity contribution in [2.75, 3.05) is 6.54 Å². The Kier molecular flexibility index (Phi) is 6.99. The maximum Gasteiger partial charge on any atom is 0.302 e. The molecule has 0 saturated heterocycles. The van der Waals surface area contributed by atoms with Gasteiger partial charge in [-0.3, -0.25) is 9.59 Å². The maximum absolute atomic E-state index is 11.6. The van der Waals surface area contributed by atoms with Crippen LogP contribution in [0.3, 0.4) is 0 Å². The molecule has 37 heavy (non-hydrogen) atoms. The van der Waals surface area contributed by atoms with Crippen LogP contribution in [-0.2, 0) is 32.6 Å². The van der Waals surface area contributed by atoms with Crippen molar-refractivity contribution in [3.05, 3.63) is 34.2 Å². The number of amides is 1. The Labute approximate surface area is 222 Å². The molecule has 4 aliphatic rings. The molecule has 0 unspecified atom stereocenters. The molecule has 0 radical (unpaired) electrons. The van der Waals surface area contributed by atoms with Crippen molar-refractivity contribution in [2.24, 2.45) is 29.1 Å². The van der Waals surface area contributed by atoms with E-state index in [0.717, 1.165) is 50.6 Å². The molecule has 6 heteroatoms. The van der Waals surface area contributed by atoms with Crippen LogP contribution in [-0.4, -0.2) is 34.7 Å². The number of rotatable bonds is 6. The third kappa shape index (κ3) is 4.63. The largest absolute Gasteiger partial charge is 0.462 e. The molecule has 6 nitrogen and oxygen atoms in total. The predicted octanol–water partition coefficient (Wildman–Crippen LogP) is 5.40. The van der Waals surface area contributed by atoms with Crippen LogP contribution in [0.15, 0.2) is 11.6 Å². The minimum Gasteiger partial charge on any atom is -0.462 e. The molecule has 0 aromatic carbocycles. The van der Waals surface area contributed by atoms with Gasteiger partial charge in [0, 0.05) is 26.8 Å². The van der Waals surface area contributed by atoms with Gasteiger partial charge in [-0.15, -0.1) is 0 Å². The molecule has 1 N–H and O–H groups in total. The monoisotopic (exact) mass is 507 g/mol. The van der Waals surface area contributed by atoms with Crippen LogP contribution in [0.1, 0.15) is 102 Å². The molecule has 1 heterocycles. The predicted molar refractivity (Wildman–Crippen MR) is 144 cm³/mol. The van der Waals surface area contributed by atoms with E-state index in [9.17, 15) is 9.59 Å². The summed E-state index contributed by atoms with van der Waals surface area (Å²) in [6.07, 6.45) is 12.2. The topological polar surface area (TPSA) is 81.2 Å². The maximum atomic E-state index is 11.6. The Morgan fingerprint density at radius 2 is 1.86 bits per heavy atom. The Hall–Kier alpha value is -2.24. The molecule has 202 valence electrons. The lowest BCUT2D eigenvalue weighted by Crippen LogP contribution is -2.51. The fourth-order valence-electron chi connectivity index (χ4n) is 8.73. The zero-order chi connectivity index (χ0) is 26.5. The zero-order valence-electron chi connectivity index (χ0n) is 23.7. The van der Waals surface area contributed by atoms with Crippen LogP contribution in [0.25, 0.3) is 0 Å². The van der Waals surface area contributed by atoms with Crippen LogP contribution >= 0.6 is 0 Å². The van der Waals surface area contributed by atoms with E-state index in [2.05, 4.69) is 39.1 Å². The van der Waals surface area contributed by atoms with E-state index < -0.39 is 0 Å². The minimum atomic E-state index is -0.155. The third-order valence-corrected chi connectivity index (χ3v) is 10.7. The summed E-state index contributed by atoms with van der Waals surface area (Å²) < 4.78 is 5.62. The Morgan fingerprint density at radius 1 is 1.11 bits per heavy atom. The molecular formula is C31H45N3O3. The smallest absolute Gasteiger partial charge is 0.302 e. The lowest BCUT2D eigenvalue weighted by Gasteiger charge is -2.57. The number of allylic oxidation sites excluding steroid dienone is 1. The fraction of sp³-hybridized carbons (Fsp3) is 0.742. The van der Waals surface area contributed by atoms with Gasteiger partial charge in [-0.25, -0.2) is 0 Å². The molecule has 1 amide bonds. The second-order valence-corrected chi connectivity index (χ2v) is 13.1. The highest BCUT2D eigenvalue weighted by atomic mass is 16.5. The first-order valence-electron chi connectivity index (χ1n) is 14.5. The Balaban J connectivity index is 1.35. The van der Waals surface area contributed by atoms with Crippen molar-refractivity contribution < 1.29 is 14.3 Å². The summed E-state index contributed by atoms with van der Waals surface area (Å²) in [4.78, 5) is 22.8. The van der Waals surface area contributed by atoms with Crippen LogP contribution in [0, 0.1) is 36.0 Å². The van der Waals surface area contributed by atoms with Crippen molar-refractivity contribution in [1.82, 2.24) is 15.5 Å². The summed E-state index contributed by atoms with van der Waals surface area (Å²) in [5, 5.41) is 12.5. The third-order valence-electron chi connectivity index (χ3n) is 10.7. The van der Waals surface area contributed by atoms with Crippen LogP contribution in [0.5, 0.6) is 0 Å². The fourth-order valence-corrected chi connectivity index (χ4v) is 8.73. The number of nitrogens with one attached hydrogen (secondary N) is 1. The van der Waals surface area contributed by atoms with Gasteiger partial charge < -0.3 is 10.1 Å². The minimum absolute atomic E-state index is 0.0332. The number of hydrogen-bond donors (Lipinski definition) is 1. The first-order chi connectivity index (χ1) is 17.5. The quantitative estimate of drug-likeness (QED) is 0.412. The summed E-state index contributed by atoms with van der Waals surface area (Å²) in [5.74, 6) is 2.28. The summed E-state index contributed by atoms with van der Waals surface area (Å²) in [6, 6.07) is 0. The van der Waals surface area contributed by atoms with E-state index in [4.69, 9.17) is 14.9 Å². The van der Waals surface area contributed by atoms with E-state index in [-0.39, 0.29) is 28.8 Å².